The average molecular weight is 327 g/mol. The van der Waals surface area contributed by atoms with Gasteiger partial charge in [-0.15, -0.1) is 11.8 Å². The number of thioether (sulfide) groups is 1. The first-order chi connectivity index (χ1) is 10.6. The Balaban J connectivity index is 1.37. The predicted molar refractivity (Wildman–Crippen MR) is 89.1 cm³/mol. The van der Waals surface area contributed by atoms with Gasteiger partial charge in [0, 0.05) is 45.1 Å². The van der Waals surface area contributed by atoms with Crippen LogP contribution in [0.5, 0.6) is 0 Å². The minimum atomic E-state index is 0.299. The van der Waals surface area contributed by atoms with Gasteiger partial charge in [-0.25, -0.2) is 0 Å². The minimum absolute atomic E-state index is 0.299. The third-order valence-corrected chi connectivity index (χ3v) is 6.55. The fraction of sp³-hybridized carbons (Fsp3) is 0.941. The molecule has 126 valence electrons. The molecule has 0 bridgehead atoms. The summed E-state index contributed by atoms with van der Waals surface area (Å²) in [5, 5.41) is 0. The van der Waals surface area contributed by atoms with Crippen molar-refractivity contribution >= 4 is 17.7 Å². The molecule has 3 heterocycles. The molecule has 0 aliphatic carbocycles. The van der Waals surface area contributed by atoms with E-state index in [-0.39, 0.29) is 0 Å². The van der Waals surface area contributed by atoms with Gasteiger partial charge in [-0.2, -0.15) is 0 Å². The molecule has 3 saturated heterocycles. The Bertz CT molecular complexity index is 389. The van der Waals surface area contributed by atoms with Crippen LogP contribution in [0.4, 0.5) is 0 Å². The van der Waals surface area contributed by atoms with Crippen molar-refractivity contribution in [1.29, 1.82) is 0 Å². The van der Waals surface area contributed by atoms with E-state index >= 15 is 0 Å². The zero-order chi connectivity index (χ0) is 15.6. The second-order valence-electron chi connectivity index (χ2n) is 7.56. The van der Waals surface area contributed by atoms with Crippen LogP contribution in [0.25, 0.3) is 0 Å². The van der Waals surface area contributed by atoms with E-state index in [4.69, 9.17) is 9.47 Å². The van der Waals surface area contributed by atoms with E-state index in [0.717, 1.165) is 57.9 Å². The molecule has 1 atom stereocenters. The van der Waals surface area contributed by atoms with E-state index in [1.807, 2.05) is 16.7 Å². The Hall–Kier alpha value is -0.260. The molecule has 1 spiro atoms. The highest BCUT2D eigenvalue weighted by Gasteiger charge is 2.50. The Kier molecular flexibility index (Phi) is 5.35. The molecule has 0 saturated carbocycles. The van der Waals surface area contributed by atoms with Crippen molar-refractivity contribution in [3.8, 4) is 0 Å². The van der Waals surface area contributed by atoms with Crippen LogP contribution in [0.2, 0.25) is 0 Å². The van der Waals surface area contributed by atoms with Crippen LogP contribution in [0, 0.1) is 11.8 Å². The number of nitrogens with zero attached hydrogens (tertiary/aromatic N) is 1. The molecule has 5 heteroatoms. The fourth-order valence-corrected chi connectivity index (χ4v) is 5.17. The number of hydrogen-bond acceptors (Lipinski definition) is 4. The molecular weight excluding hydrogens is 298 g/mol. The standard InChI is InChI=1S/C17H29NO3S/c1-13(2)7-16(19)18-11-17(12-18)8-15(10-22-17)21-9-14-3-5-20-6-4-14/h13-15H,3-12H2,1-2H3. The summed E-state index contributed by atoms with van der Waals surface area (Å²) in [6, 6.07) is 0. The number of likely N-dealkylation sites (tertiary alicyclic amines) is 1. The molecule has 0 aromatic carbocycles. The van der Waals surface area contributed by atoms with E-state index in [9.17, 15) is 4.79 Å². The minimum Gasteiger partial charge on any atom is -0.381 e. The molecule has 0 aromatic heterocycles. The molecular formula is C17H29NO3S. The third-order valence-electron chi connectivity index (χ3n) is 4.98. The number of hydrogen-bond donors (Lipinski definition) is 0. The SMILES string of the molecule is CC(C)CC(=O)N1CC2(CC(OCC3CCOCC3)CS2)C1. The van der Waals surface area contributed by atoms with Crippen molar-refractivity contribution < 1.29 is 14.3 Å². The summed E-state index contributed by atoms with van der Waals surface area (Å²) in [6.45, 7) is 8.76. The molecule has 3 fully saturated rings. The Labute approximate surface area is 138 Å². The largest absolute Gasteiger partial charge is 0.381 e. The highest BCUT2D eigenvalue weighted by atomic mass is 32.2. The molecule has 22 heavy (non-hydrogen) atoms. The van der Waals surface area contributed by atoms with E-state index in [0.29, 0.717) is 35.0 Å². The monoisotopic (exact) mass is 327 g/mol. The summed E-state index contributed by atoms with van der Waals surface area (Å²) in [4.78, 5) is 14.1. The van der Waals surface area contributed by atoms with Crippen LogP contribution in [-0.2, 0) is 14.3 Å². The Morgan fingerprint density at radius 1 is 1.36 bits per heavy atom. The lowest BCUT2D eigenvalue weighted by molar-refractivity contribution is -0.137. The van der Waals surface area contributed by atoms with Crippen molar-refractivity contribution in [2.24, 2.45) is 11.8 Å². The zero-order valence-electron chi connectivity index (χ0n) is 13.9. The van der Waals surface area contributed by atoms with Crippen molar-refractivity contribution in [2.75, 3.05) is 38.7 Å². The topological polar surface area (TPSA) is 38.8 Å². The summed E-state index contributed by atoms with van der Waals surface area (Å²) in [5.41, 5.74) is 0. The van der Waals surface area contributed by atoms with Gasteiger partial charge in [0.05, 0.1) is 10.9 Å². The van der Waals surface area contributed by atoms with E-state index < -0.39 is 0 Å². The van der Waals surface area contributed by atoms with Crippen LogP contribution in [-0.4, -0.2) is 60.3 Å². The van der Waals surface area contributed by atoms with Crippen molar-refractivity contribution in [1.82, 2.24) is 4.90 Å². The van der Waals surface area contributed by atoms with Crippen molar-refractivity contribution in [3.05, 3.63) is 0 Å². The van der Waals surface area contributed by atoms with Gasteiger partial charge in [0.25, 0.3) is 0 Å². The maximum Gasteiger partial charge on any atom is 0.222 e. The molecule has 1 amide bonds. The molecule has 1 unspecified atom stereocenters. The van der Waals surface area contributed by atoms with Gasteiger partial charge in [0.2, 0.25) is 5.91 Å². The van der Waals surface area contributed by atoms with Crippen LogP contribution in [0.1, 0.15) is 39.5 Å². The summed E-state index contributed by atoms with van der Waals surface area (Å²) in [5.74, 6) is 2.56. The maximum atomic E-state index is 12.1. The van der Waals surface area contributed by atoms with E-state index in [2.05, 4.69) is 13.8 Å². The molecule has 0 radical (unpaired) electrons. The molecule has 3 rings (SSSR count). The molecule has 0 aromatic rings. The van der Waals surface area contributed by atoms with Gasteiger partial charge in [-0.1, -0.05) is 13.8 Å². The second-order valence-corrected chi connectivity index (χ2v) is 9.05. The highest BCUT2D eigenvalue weighted by molar-refractivity contribution is 8.01. The number of ether oxygens (including phenoxy) is 2. The number of carbonyl (C=O) groups is 1. The lowest BCUT2D eigenvalue weighted by atomic mass is 9.92. The first kappa shape index (κ1) is 16.6. The lowest BCUT2D eigenvalue weighted by Gasteiger charge is -2.47. The third kappa shape index (κ3) is 3.98. The smallest absolute Gasteiger partial charge is 0.222 e. The average Bonchev–Trinajstić information content (AvgIpc) is 2.88. The first-order valence-electron chi connectivity index (χ1n) is 8.67. The number of carbonyl (C=O) groups excluding carboxylic acids is 1. The number of rotatable bonds is 5. The summed E-state index contributed by atoms with van der Waals surface area (Å²) in [6.07, 6.45) is 4.47. The van der Waals surface area contributed by atoms with E-state index in [1.165, 1.54) is 0 Å². The Morgan fingerprint density at radius 2 is 2.09 bits per heavy atom. The summed E-state index contributed by atoms with van der Waals surface area (Å²) >= 11 is 2.02. The quantitative estimate of drug-likeness (QED) is 0.778. The highest BCUT2D eigenvalue weighted by Crippen LogP contribution is 2.46. The van der Waals surface area contributed by atoms with Crippen LogP contribution < -0.4 is 0 Å². The van der Waals surface area contributed by atoms with Crippen molar-refractivity contribution in [3.63, 3.8) is 0 Å². The molecule has 3 aliphatic heterocycles. The van der Waals surface area contributed by atoms with Gasteiger partial charge in [-0.3, -0.25) is 4.79 Å². The molecule has 0 N–H and O–H groups in total. The van der Waals surface area contributed by atoms with E-state index in [1.54, 1.807) is 0 Å². The van der Waals surface area contributed by atoms with Gasteiger partial charge in [-0.05, 0) is 31.1 Å². The van der Waals surface area contributed by atoms with Crippen LogP contribution in [0.15, 0.2) is 0 Å². The lowest BCUT2D eigenvalue weighted by Crippen LogP contribution is -2.60. The predicted octanol–water partition coefficient (Wildman–Crippen LogP) is 2.56. The summed E-state index contributed by atoms with van der Waals surface area (Å²) in [7, 11) is 0. The summed E-state index contributed by atoms with van der Waals surface area (Å²) < 4.78 is 11.8. The zero-order valence-corrected chi connectivity index (χ0v) is 14.7. The fourth-order valence-electron chi connectivity index (χ4n) is 3.62. The van der Waals surface area contributed by atoms with Gasteiger partial charge >= 0.3 is 0 Å². The number of amides is 1. The van der Waals surface area contributed by atoms with Gasteiger partial charge in [0.1, 0.15) is 0 Å². The maximum absolute atomic E-state index is 12.1. The van der Waals surface area contributed by atoms with Gasteiger partial charge < -0.3 is 14.4 Å². The van der Waals surface area contributed by atoms with Gasteiger partial charge in [0.15, 0.2) is 0 Å². The van der Waals surface area contributed by atoms with Crippen LogP contribution >= 0.6 is 11.8 Å². The van der Waals surface area contributed by atoms with Crippen molar-refractivity contribution in [2.45, 2.75) is 50.4 Å². The molecule has 4 nitrogen and oxygen atoms in total. The Morgan fingerprint density at radius 3 is 2.77 bits per heavy atom. The second kappa shape index (κ2) is 7.10. The molecule has 3 aliphatic rings. The normalized spacial score (nSPS) is 28.3. The first-order valence-corrected chi connectivity index (χ1v) is 9.66. The van der Waals surface area contributed by atoms with Crippen LogP contribution in [0.3, 0.4) is 0 Å².